The summed E-state index contributed by atoms with van der Waals surface area (Å²) in [6, 6.07) is 8.42. The summed E-state index contributed by atoms with van der Waals surface area (Å²) in [4.78, 5) is 29.9. The minimum absolute atomic E-state index is 0.0141. The molecule has 158 valence electrons. The SMILES string of the molecule is Cc1cc(C#N)cc(C(=O)NC2CC2)c1NC(=O)/C(=C/C(=N)Br)Nc1ncccc1Cl. The summed E-state index contributed by atoms with van der Waals surface area (Å²) in [5.74, 6) is -0.737. The van der Waals surface area contributed by atoms with Crippen molar-refractivity contribution in [3.8, 4) is 6.07 Å². The predicted molar refractivity (Wildman–Crippen MR) is 123 cm³/mol. The van der Waals surface area contributed by atoms with Gasteiger partial charge in [0.2, 0.25) is 0 Å². The summed E-state index contributed by atoms with van der Waals surface area (Å²) >= 11 is 9.12. The lowest BCUT2D eigenvalue weighted by Gasteiger charge is -2.17. The van der Waals surface area contributed by atoms with Crippen LogP contribution in [-0.4, -0.2) is 27.5 Å². The van der Waals surface area contributed by atoms with Crippen molar-refractivity contribution in [2.24, 2.45) is 0 Å². The van der Waals surface area contributed by atoms with Crippen molar-refractivity contribution in [3.63, 3.8) is 0 Å². The van der Waals surface area contributed by atoms with Gasteiger partial charge in [-0.15, -0.1) is 0 Å². The molecule has 2 amide bonds. The molecule has 1 fully saturated rings. The van der Waals surface area contributed by atoms with E-state index in [1.54, 1.807) is 25.1 Å². The third kappa shape index (κ3) is 5.90. The quantitative estimate of drug-likeness (QED) is 0.335. The number of halogens is 2. The molecule has 10 heteroatoms. The number of pyridine rings is 1. The lowest BCUT2D eigenvalue weighted by molar-refractivity contribution is -0.112. The Labute approximate surface area is 192 Å². The zero-order valence-electron chi connectivity index (χ0n) is 16.4. The second kappa shape index (κ2) is 9.73. The van der Waals surface area contributed by atoms with Crippen LogP contribution in [0.1, 0.15) is 34.3 Å². The highest BCUT2D eigenvalue weighted by Gasteiger charge is 2.26. The molecule has 0 spiro atoms. The van der Waals surface area contributed by atoms with Crippen LogP contribution in [0.4, 0.5) is 11.5 Å². The molecule has 0 aliphatic heterocycles. The molecule has 4 N–H and O–H groups in total. The molecule has 1 aliphatic rings. The van der Waals surface area contributed by atoms with Crippen LogP contribution in [0.2, 0.25) is 5.02 Å². The third-order valence-corrected chi connectivity index (χ3v) is 4.92. The summed E-state index contributed by atoms with van der Waals surface area (Å²) in [6.07, 6.45) is 4.57. The van der Waals surface area contributed by atoms with Crippen LogP contribution in [-0.2, 0) is 4.79 Å². The van der Waals surface area contributed by atoms with Crippen LogP contribution >= 0.6 is 27.5 Å². The van der Waals surface area contributed by atoms with Crippen LogP contribution in [0.5, 0.6) is 0 Å². The van der Waals surface area contributed by atoms with E-state index in [0.717, 1.165) is 12.8 Å². The number of allylic oxidation sites excluding steroid dienone is 1. The van der Waals surface area contributed by atoms with Gasteiger partial charge in [-0.3, -0.25) is 15.0 Å². The van der Waals surface area contributed by atoms with Gasteiger partial charge in [-0.1, -0.05) is 11.6 Å². The lowest BCUT2D eigenvalue weighted by atomic mass is 10.0. The van der Waals surface area contributed by atoms with Crippen molar-refractivity contribution in [2.75, 3.05) is 10.6 Å². The van der Waals surface area contributed by atoms with Crippen molar-refractivity contribution in [1.82, 2.24) is 10.3 Å². The Balaban J connectivity index is 1.94. The van der Waals surface area contributed by atoms with Crippen LogP contribution in [0.15, 0.2) is 42.2 Å². The van der Waals surface area contributed by atoms with Gasteiger partial charge in [-0.2, -0.15) is 5.26 Å². The highest BCUT2D eigenvalue weighted by Crippen LogP contribution is 2.27. The first-order chi connectivity index (χ1) is 14.8. The molecule has 0 saturated heterocycles. The van der Waals surface area contributed by atoms with Gasteiger partial charge in [0.25, 0.3) is 11.8 Å². The first-order valence-corrected chi connectivity index (χ1v) is 10.5. The van der Waals surface area contributed by atoms with Crippen molar-refractivity contribution >= 4 is 55.5 Å². The normalized spacial score (nSPS) is 13.2. The highest BCUT2D eigenvalue weighted by atomic mass is 79.9. The molecule has 0 bridgehead atoms. The van der Waals surface area contributed by atoms with Crippen molar-refractivity contribution in [2.45, 2.75) is 25.8 Å². The molecule has 1 aromatic carbocycles. The number of nitrogens with zero attached hydrogens (tertiary/aromatic N) is 2. The molecule has 3 rings (SSSR count). The van der Waals surface area contributed by atoms with Crippen molar-refractivity contribution in [3.05, 3.63) is 63.9 Å². The predicted octanol–water partition coefficient (Wildman–Crippen LogP) is 4.11. The molecule has 8 nitrogen and oxygen atoms in total. The van der Waals surface area contributed by atoms with Gasteiger partial charge >= 0.3 is 0 Å². The van der Waals surface area contributed by atoms with Gasteiger partial charge < -0.3 is 16.0 Å². The molecule has 0 unspecified atom stereocenters. The lowest BCUT2D eigenvalue weighted by Crippen LogP contribution is -2.28. The Morgan fingerprint density at radius 1 is 1.35 bits per heavy atom. The number of aromatic nitrogens is 1. The van der Waals surface area contributed by atoms with Gasteiger partial charge in [-0.05, 0) is 71.6 Å². The molecular weight excluding hydrogens is 484 g/mol. The van der Waals surface area contributed by atoms with Crippen LogP contribution in [0.3, 0.4) is 0 Å². The molecule has 1 aromatic heterocycles. The van der Waals surface area contributed by atoms with Gasteiger partial charge in [0.15, 0.2) is 0 Å². The molecule has 31 heavy (non-hydrogen) atoms. The average molecular weight is 502 g/mol. The smallest absolute Gasteiger partial charge is 0.272 e. The van der Waals surface area contributed by atoms with E-state index in [2.05, 4.69) is 36.9 Å². The highest BCUT2D eigenvalue weighted by molar-refractivity contribution is 9.18. The largest absolute Gasteiger partial charge is 0.349 e. The van der Waals surface area contributed by atoms with E-state index in [0.29, 0.717) is 16.1 Å². The van der Waals surface area contributed by atoms with E-state index in [1.807, 2.05) is 6.07 Å². The molecule has 2 aromatic rings. The number of anilines is 2. The maximum absolute atomic E-state index is 13.1. The Hall–Kier alpha value is -3.22. The standard InChI is InChI=1S/C21H18BrClN6O2/c1-11-7-12(10-24)8-14(20(30)27-13-4-5-13)18(11)29-21(31)16(9-17(22)25)28-19-15(23)3-2-6-26-19/h2-3,6-9,13,25H,4-5H2,1H3,(H,26,28)(H,27,30)(H,29,31)/b16-9-,25-17?. The number of carbonyl (C=O) groups is 2. The van der Waals surface area contributed by atoms with Crippen molar-refractivity contribution in [1.29, 1.82) is 10.7 Å². The van der Waals surface area contributed by atoms with Gasteiger partial charge in [0.1, 0.15) is 11.5 Å². The Bertz CT molecular complexity index is 1140. The summed E-state index contributed by atoms with van der Waals surface area (Å²) in [5, 5.41) is 25.7. The summed E-state index contributed by atoms with van der Waals surface area (Å²) in [7, 11) is 0. The number of rotatable bonds is 7. The Kier molecular flexibility index (Phi) is 7.05. The number of carbonyl (C=O) groups excluding carboxylic acids is 2. The molecular formula is C21H18BrClN6O2. The molecule has 0 atom stereocenters. The molecule has 0 radical (unpaired) electrons. The van der Waals surface area contributed by atoms with Crippen LogP contribution in [0, 0.1) is 23.7 Å². The van der Waals surface area contributed by atoms with E-state index < -0.39 is 5.91 Å². The fourth-order valence-corrected chi connectivity index (χ4v) is 3.16. The number of nitrogens with one attached hydrogen (secondary N) is 4. The van der Waals surface area contributed by atoms with Crippen LogP contribution < -0.4 is 16.0 Å². The molecule has 1 aliphatic carbocycles. The summed E-state index contributed by atoms with van der Waals surface area (Å²) < 4.78 is -0.0551. The van der Waals surface area contributed by atoms with E-state index in [1.165, 1.54) is 18.3 Å². The van der Waals surface area contributed by atoms with E-state index in [4.69, 9.17) is 17.0 Å². The number of hydrogen-bond donors (Lipinski definition) is 4. The number of benzene rings is 1. The first-order valence-electron chi connectivity index (χ1n) is 9.28. The van der Waals surface area contributed by atoms with Gasteiger partial charge in [0, 0.05) is 12.2 Å². The van der Waals surface area contributed by atoms with E-state index >= 15 is 0 Å². The number of aryl methyl sites for hydroxylation is 1. The summed E-state index contributed by atoms with van der Waals surface area (Å²) in [5.41, 5.74) is 1.33. The number of nitriles is 1. The fourth-order valence-electron chi connectivity index (χ4n) is 2.76. The topological polar surface area (TPSA) is 131 Å². The second-order valence-electron chi connectivity index (χ2n) is 6.89. The first kappa shape index (κ1) is 22.5. The van der Waals surface area contributed by atoms with Gasteiger partial charge in [0.05, 0.1) is 32.5 Å². The molecule has 1 saturated carbocycles. The minimum atomic E-state index is -0.612. The second-order valence-corrected chi connectivity index (χ2v) is 8.16. The van der Waals surface area contributed by atoms with E-state index in [-0.39, 0.29) is 39.3 Å². The van der Waals surface area contributed by atoms with Crippen LogP contribution in [0.25, 0.3) is 0 Å². The third-order valence-electron chi connectivity index (χ3n) is 4.39. The molecule has 1 heterocycles. The average Bonchev–Trinajstić information content (AvgIpc) is 3.53. The zero-order chi connectivity index (χ0) is 22.5. The van der Waals surface area contributed by atoms with Crippen molar-refractivity contribution < 1.29 is 9.59 Å². The number of amides is 2. The Morgan fingerprint density at radius 2 is 2.10 bits per heavy atom. The number of hydrogen-bond acceptors (Lipinski definition) is 6. The monoisotopic (exact) mass is 500 g/mol. The Morgan fingerprint density at radius 3 is 2.71 bits per heavy atom. The maximum Gasteiger partial charge on any atom is 0.272 e. The van der Waals surface area contributed by atoms with Gasteiger partial charge in [-0.25, -0.2) is 4.98 Å². The maximum atomic E-state index is 13.1. The zero-order valence-corrected chi connectivity index (χ0v) is 18.8. The summed E-state index contributed by atoms with van der Waals surface area (Å²) in [6.45, 7) is 1.70. The minimum Gasteiger partial charge on any atom is -0.349 e. The fraction of sp³-hybridized carbons (Fsp3) is 0.190. The van der Waals surface area contributed by atoms with E-state index in [9.17, 15) is 14.9 Å².